The lowest BCUT2D eigenvalue weighted by Crippen LogP contribution is -2.36. The number of fused-ring (bicyclic) bond motifs is 6. The van der Waals surface area contributed by atoms with Crippen LogP contribution in [0.2, 0.25) is 6.32 Å². The van der Waals surface area contributed by atoms with Crippen molar-refractivity contribution < 1.29 is 4.65 Å². The van der Waals surface area contributed by atoms with Crippen LogP contribution in [0, 0.1) is 5.41 Å². The van der Waals surface area contributed by atoms with Gasteiger partial charge < -0.3 is 9.22 Å². The molecule has 45 heavy (non-hydrogen) atoms. The minimum Gasteiger partial charge on any atom is -0.426 e. The van der Waals surface area contributed by atoms with E-state index in [1.807, 2.05) is 13.8 Å². The van der Waals surface area contributed by atoms with E-state index in [9.17, 15) is 0 Å². The molecule has 0 unspecified atom stereocenters. The highest BCUT2D eigenvalue weighted by molar-refractivity contribution is 6.68. The second kappa shape index (κ2) is 10.5. The summed E-state index contributed by atoms with van der Waals surface area (Å²) in [6, 6.07) is 40.7. The molecule has 2 heterocycles. The first kappa shape index (κ1) is 29.6. The summed E-state index contributed by atoms with van der Waals surface area (Å²) in [6.45, 7) is 17.9. The highest BCUT2D eigenvalue weighted by atomic mass is 16.5. The van der Waals surface area contributed by atoms with Crippen LogP contribution in [-0.2, 0) is 10.1 Å². The minimum absolute atomic E-state index is 0.00373. The molecule has 0 spiro atoms. The molecule has 2 aliphatic rings. The van der Waals surface area contributed by atoms with E-state index in [0.717, 1.165) is 6.32 Å². The van der Waals surface area contributed by atoms with Crippen molar-refractivity contribution in [3.05, 3.63) is 120 Å². The number of benzene rings is 5. The first-order valence-corrected chi connectivity index (χ1v) is 16.6. The van der Waals surface area contributed by atoms with Gasteiger partial charge in [0.05, 0.1) is 16.6 Å². The molecular formula is C42H44BNO. The van der Waals surface area contributed by atoms with Crippen molar-refractivity contribution in [3.8, 4) is 27.9 Å². The number of aromatic nitrogens is 1. The van der Waals surface area contributed by atoms with Gasteiger partial charge in [-0.05, 0) is 94.8 Å². The maximum absolute atomic E-state index is 6.58. The van der Waals surface area contributed by atoms with Gasteiger partial charge in [-0.15, -0.1) is 0 Å². The average molecular weight is 590 g/mol. The van der Waals surface area contributed by atoms with Crippen molar-refractivity contribution in [2.45, 2.75) is 72.7 Å². The average Bonchev–Trinajstić information content (AvgIpc) is 3.58. The third-order valence-electron chi connectivity index (χ3n) is 10.9. The van der Waals surface area contributed by atoms with E-state index < -0.39 is 0 Å². The Labute approximate surface area is 269 Å². The zero-order valence-corrected chi connectivity index (χ0v) is 28.0. The summed E-state index contributed by atoms with van der Waals surface area (Å²) in [7, 11) is 0. The summed E-state index contributed by atoms with van der Waals surface area (Å²) in [5.41, 5.74) is 12.9. The lowest BCUT2D eigenvalue weighted by Gasteiger charge is -2.34. The Balaban J connectivity index is 0.00000160. The summed E-state index contributed by atoms with van der Waals surface area (Å²) >= 11 is 0. The van der Waals surface area contributed by atoms with Crippen LogP contribution in [0.15, 0.2) is 109 Å². The van der Waals surface area contributed by atoms with Crippen LogP contribution in [0.3, 0.4) is 0 Å². The fraction of sp³-hybridized carbons (Fsp3) is 0.286. The summed E-state index contributed by atoms with van der Waals surface area (Å²) in [4.78, 5) is 0. The van der Waals surface area contributed by atoms with Crippen LogP contribution >= 0.6 is 0 Å². The molecule has 2 nitrogen and oxygen atoms in total. The number of nitrogens with zero attached hydrogens (tertiary/aromatic N) is 1. The Morgan fingerprint density at radius 2 is 1.29 bits per heavy atom. The monoisotopic (exact) mass is 589 g/mol. The first-order chi connectivity index (χ1) is 21.5. The lowest BCUT2D eigenvalue weighted by atomic mass is 9.54. The minimum atomic E-state index is -0.149. The first-order valence-electron chi connectivity index (χ1n) is 16.6. The highest BCUT2D eigenvalue weighted by Crippen LogP contribution is 2.49. The molecular weight excluding hydrogens is 545 g/mol. The Morgan fingerprint density at radius 3 is 2.07 bits per heavy atom. The van der Waals surface area contributed by atoms with Crippen LogP contribution in [0.1, 0.15) is 66.5 Å². The molecule has 5 aromatic carbocycles. The molecule has 6 aromatic rings. The zero-order chi connectivity index (χ0) is 31.7. The number of hydrogen-bond acceptors (Lipinski definition) is 1. The zero-order valence-electron chi connectivity index (χ0n) is 28.0. The normalized spacial score (nSPS) is 17.2. The van der Waals surface area contributed by atoms with Crippen molar-refractivity contribution in [1.82, 2.24) is 4.57 Å². The Morgan fingerprint density at radius 1 is 0.600 bits per heavy atom. The van der Waals surface area contributed by atoms with Crippen molar-refractivity contribution in [3.63, 3.8) is 0 Å². The van der Waals surface area contributed by atoms with E-state index in [0.29, 0.717) is 0 Å². The predicted octanol–water partition coefficient (Wildman–Crippen LogP) is 10.8. The molecule has 1 fully saturated rings. The highest BCUT2D eigenvalue weighted by Gasteiger charge is 2.49. The molecule has 1 aliphatic heterocycles. The summed E-state index contributed by atoms with van der Waals surface area (Å²) in [5, 5.41) is 2.55. The van der Waals surface area contributed by atoms with Crippen molar-refractivity contribution in [2.75, 3.05) is 0 Å². The SMILES string of the molecule is CC.CC1(C)c2ccccc2-c2cc(-n3c4ccccc4c4cc(-c5cccc(B6CC(C)(C)C(C)(C)O6)c5)ccc43)ccc21. The van der Waals surface area contributed by atoms with E-state index in [1.165, 1.54) is 66.3 Å². The van der Waals surface area contributed by atoms with Gasteiger partial charge in [0, 0.05) is 21.9 Å². The van der Waals surface area contributed by atoms with E-state index in [1.54, 1.807) is 0 Å². The molecule has 3 heteroatoms. The summed E-state index contributed by atoms with van der Waals surface area (Å²) in [5.74, 6) is 0. The smallest absolute Gasteiger partial charge is 0.327 e. The third-order valence-corrected chi connectivity index (χ3v) is 10.9. The van der Waals surface area contributed by atoms with Gasteiger partial charge >= 0.3 is 6.92 Å². The molecule has 0 N–H and O–H groups in total. The van der Waals surface area contributed by atoms with Crippen molar-refractivity contribution in [1.29, 1.82) is 0 Å². The van der Waals surface area contributed by atoms with Crippen LogP contribution in [-0.4, -0.2) is 17.1 Å². The quantitative estimate of drug-likeness (QED) is 0.187. The standard InChI is InChI=1S/C40H38BNO.C2H6/c1-38(2)25-41(43-40(38,5)6)28-13-11-12-26(22-28)27-18-21-37-33(23-27)31-15-8-10-17-36(31)42(37)29-19-20-35-32(24-29)30-14-7-9-16-34(30)39(35,3)4;1-2/h7-24H,25H2,1-6H3;1-2H3. The summed E-state index contributed by atoms with van der Waals surface area (Å²) < 4.78 is 9.02. The van der Waals surface area contributed by atoms with Gasteiger partial charge in [0.2, 0.25) is 0 Å². The molecule has 226 valence electrons. The fourth-order valence-electron chi connectivity index (χ4n) is 7.65. The van der Waals surface area contributed by atoms with Crippen molar-refractivity contribution in [2.24, 2.45) is 5.41 Å². The molecule has 1 saturated heterocycles. The van der Waals surface area contributed by atoms with Gasteiger partial charge in [0.25, 0.3) is 0 Å². The molecule has 1 aliphatic carbocycles. The van der Waals surface area contributed by atoms with Crippen LogP contribution < -0.4 is 5.46 Å². The Hall–Kier alpha value is -4.08. The second-order valence-corrected chi connectivity index (χ2v) is 14.3. The van der Waals surface area contributed by atoms with Gasteiger partial charge in [-0.1, -0.05) is 120 Å². The van der Waals surface area contributed by atoms with Gasteiger partial charge in [0.1, 0.15) is 0 Å². The summed E-state index contributed by atoms with van der Waals surface area (Å²) in [6.07, 6.45) is 1.03. The van der Waals surface area contributed by atoms with E-state index in [4.69, 9.17) is 4.65 Å². The Kier molecular flexibility index (Phi) is 6.91. The van der Waals surface area contributed by atoms with Gasteiger partial charge in [-0.25, -0.2) is 0 Å². The van der Waals surface area contributed by atoms with Crippen LogP contribution in [0.4, 0.5) is 0 Å². The van der Waals surface area contributed by atoms with Crippen LogP contribution in [0.5, 0.6) is 0 Å². The lowest BCUT2D eigenvalue weighted by molar-refractivity contribution is 0.0375. The number of para-hydroxylation sites is 1. The Bertz CT molecular complexity index is 2060. The van der Waals surface area contributed by atoms with Crippen molar-refractivity contribution >= 4 is 34.2 Å². The molecule has 0 amide bonds. The molecule has 8 rings (SSSR count). The number of rotatable bonds is 3. The third kappa shape index (κ3) is 4.50. The molecule has 1 aromatic heterocycles. The van der Waals surface area contributed by atoms with E-state index in [2.05, 4.69) is 155 Å². The largest absolute Gasteiger partial charge is 0.426 e. The van der Waals surface area contributed by atoms with Crippen LogP contribution in [0.25, 0.3) is 49.7 Å². The van der Waals surface area contributed by atoms with Gasteiger partial charge in [-0.2, -0.15) is 0 Å². The molecule has 0 radical (unpaired) electrons. The topological polar surface area (TPSA) is 14.2 Å². The fourth-order valence-corrected chi connectivity index (χ4v) is 7.65. The maximum atomic E-state index is 6.58. The maximum Gasteiger partial charge on any atom is 0.327 e. The van der Waals surface area contributed by atoms with E-state index >= 15 is 0 Å². The van der Waals surface area contributed by atoms with Gasteiger partial charge in [0.15, 0.2) is 0 Å². The predicted molar refractivity (Wildman–Crippen MR) is 194 cm³/mol. The molecule has 0 atom stereocenters. The van der Waals surface area contributed by atoms with Gasteiger partial charge in [-0.3, -0.25) is 0 Å². The molecule has 0 bridgehead atoms. The molecule has 0 saturated carbocycles. The van der Waals surface area contributed by atoms with E-state index in [-0.39, 0.29) is 23.3 Å². The number of hydrogen-bond donors (Lipinski definition) is 0. The second-order valence-electron chi connectivity index (χ2n) is 14.3.